The zero-order valence-electron chi connectivity index (χ0n) is 17.4. The normalized spacial score (nSPS) is 11.8. The maximum Gasteiger partial charge on any atom is 0.0548 e. The molecule has 0 spiro atoms. The van der Waals surface area contributed by atoms with E-state index in [9.17, 15) is 0 Å². The van der Waals surface area contributed by atoms with Gasteiger partial charge in [-0.2, -0.15) is 0 Å². The van der Waals surface area contributed by atoms with Crippen LogP contribution in [0.25, 0.3) is 60.4 Å². The first kappa shape index (κ1) is 17.4. The molecule has 2 nitrogen and oxygen atoms in total. The smallest absolute Gasteiger partial charge is 0.0548 e. The van der Waals surface area contributed by atoms with Gasteiger partial charge in [-0.15, -0.1) is 0 Å². The quantitative estimate of drug-likeness (QED) is 0.298. The molecule has 150 valence electrons. The predicted molar refractivity (Wildman–Crippen MR) is 136 cm³/mol. The fourth-order valence-electron chi connectivity index (χ4n) is 5.03. The Balaban J connectivity index is 1.59. The summed E-state index contributed by atoms with van der Waals surface area (Å²) in [6.45, 7) is 0. The van der Waals surface area contributed by atoms with Crippen LogP contribution in [0.1, 0.15) is 0 Å². The summed E-state index contributed by atoms with van der Waals surface area (Å²) in [4.78, 5) is 3.65. The molecule has 0 fully saturated rings. The van der Waals surface area contributed by atoms with Gasteiger partial charge >= 0.3 is 0 Å². The van der Waals surface area contributed by atoms with Crippen LogP contribution < -0.4 is 0 Å². The first-order valence-corrected chi connectivity index (χ1v) is 11.0. The number of fused-ring (bicyclic) bond motifs is 6. The second-order valence-electron chi connectivity index (χ2n) is 8.35. The molecular formula is C30H20N2. The van der Waals surface area contributed by atoms with Crippen molar-refractivity contribution in [2.45, 2.75) is 0 Å². The molecular weight excluding hydrogens is 388 g/mol. The molecule has 7 aromatic rings. The summed E-state index contributed by atoms with van der Waals surface area (Å²) in [7, 11) is 0. The third-order valence-electron chi connectivity index (χ3n) is 6.51. The van der Waals surface area contributed by atoms with E-state index in [1.54, 1.807) is 0 Å². The Bertz CT molecular complexity index is 1750. The SMILES string of the molecule is c1ccc(-c2ccc3[nH]c4cc5c6ccccc6n(-c6ccccc6)c5cc4c3c2)cc1. The Hall–Kier alpha value is -4.30. The average molecular weight is 409 g/mol. The van der Waals surface area contributed by atoms with Crippen molar-refractivity contribution in [3.8, 4) is 16.8 Å². The fraction of sp³-hybridized carbons (Fsp3) is 0. The highest BCUT2D eigenvalue weighted by atomic mass is 15.0. The Morgan fingerprint density at radius 1 is 0.438 bits per heavy atom. The van der Waals surface area contributed by atoms with Crippen molar-refractivity contribution in [3.63, 3.8) is 0 Å². The topological polar surface area (TPSA) is 20.7 Å². The number of nitrogens with one attached hydrogen (secondary N) is 1. The van der Waals surface area contributed by atoms with Crippen molar-refractivity contribution < 1.29 is 0 Å². The molecule has 0 amide bonds. The van der Waals surface area contributed by atoms with Crippen LogP contribution in [0.4, 0.5) is 0 Å². The van der Waals surface area contributed by atoms with Gasteiger partial charge in [0.15, 0.2) is 0 Å². The molecule has 0 aliphatic heterocycles. The fourth-order valence-corrected chi connectivity index (χ4v) is 5.03. The van der Waals surface area contributed by atoms with E-state index in [-0.39, 0.29) is 0 Å². The highest BCUT2D eigenvalue weighted by Crippen LogP contribution is 2.37. The first-order chi connectivity index (χ1) is 15.9. The number of nitrogens with zero attached hydrogens (tertiary/aromatic N) is 1. The summed E-state index contributed by atoms with van der Waals surface area (Å²) in [6.07, 6.45) is 0. The molecule has 2 heteroatoms. The molecule has 0 radical (unpaired) electrons. The van der Waals surface area contributed by atoms with Crippen LogP contribution in [0.2, 0.25) is 0 Å². The monoisotopic (exact) mass is 408 g/mol. The molecule has 7 rings (SSSR count). The Labute approximate surface area is 185 Å². The molecule has 0 aliphatic rings. The highest BCUT2D eigenvalue weighted by molar-refractivity contribution is 6.18. The summed E-state index contributed by atoms with van der Waals surface area (Å²) in [5.74, 6) is 0. The van der Waals surface area contributed by atoms with Crippen LogP contribution in [0, 0.1) is 0 Å². The van der Waals surface area contributed by atoms with Crippen molar-refractivity contribution in [1.82, 2.24) is 9.55 Å². The van der Waals surface area contributed by atoms with Crippen LogP contribution in [0.15, 0.2) is 115 Å². The number of hydrogen-bond donors (Lipinski definition) is 1. The predicted octanol–water partition coefficient (Wildman–Crippen LogP) is 8.09. The standard InChI is InChI=1S/C30H20N2/c1-3-9-20(10-4-1)21-15-16-27-24(17-21)25-19-30-26(18-28(25)31-27)23-13-7-8-14-29(23)32(30)22-11-5-2-6-12-22/h1-19,31H. The van der Waals surface area contributed by atoms with Crippen molar-refractivity contribution in [2.24, 2.45) is 0 Å². The van der Waals surface area contributed by atoms with E-state index < -0.39 is 0 Å². The zero-order valence-corrected chi connectivity index (χ0v) is 17.4. The number of aromatic amines is 1. The molecule has 32 heavy (non-hydrogen) atoms. The van der Waals surface area contributed by atoms with Gasteiger partial charge in [0.05, 0.1) is 11.0 Å². The van der Waals surface area contributed by atoms with Gasteiger partial charge in [0.1, 0.15) is 0 Å². The lowest BCUT2D eigenvalue weighted by atomic mass is 10.0. The van der Waals surface area contributed by atoms with Crippen LogP contribution in [0.3, 0.4) is 0 Å². The number of benzene rings is 5. The summed E-state index contributed by atoms with van der Waals surface area (Å²) >= 11 is 0. The molecule has 0 saturated heterocycles. The summed E-state index contributed by atoms with van der Waals surface area (Å²) in [5, 5.41) is 5.06. The van der Waals surface area contributed by atoms with E-state index in [4.69, 9.17) is 0 Å². The van der Waals surface area contributed by atoms with Crippen LogP contribution in [-0.4, -0.2) is 9.55 Å². The lowest BCUT2D eigenvalue weighted by molar-refractivity contribution is 1.18. The summed E-state index contributed by atoms with van der Waals surface area (Å²) in [5.41, 5.74) is 8.47. The largest absolute Gasteiger partial charge is 0.354 e. The van der Waals surface area contributed by atoms with Crippen molar-refractivity contribution in [2.75, 3.05) is 0 Å². The first-order valence-electron chi connectivity index (χ1n) is 11.0. The lowest BCUT2D eigenvalue weighted by Crippen LogP contribution is -1.92. The average Bonchev–Trinajstić information content (AvgIpc) is 3.38. The minimum atomic E-state index is 1.17. The molecule has 0 saturated carbocycles. The molecule has 2 heterocycles. The molecule has 0 aliphatic carbocycles. The Morgan fingerprint density at radius 2 is 1.16 bits per heavy atom. The Kier molecular flexibility index (Phi) is 3.58. The van der Waals surface area contributed by atoms with E-state index in [1.165, 1.54) is 60.4 Å². The molecule has 1 N–H and O–H groups in total. The third kappa shape index (κ3) is 2.47. The van der Waals surface area contributed by atoms with Crippen molar-refractivity contribution >= 4 is 43.6 Å². The third-order valence-corrected chi connectivity index (χ3v) is 6.51. The number of para-hydroxylation sites is 2. The van der Waals surface area contributed by atoms with Gasteiger partial charge in [-0.1, -0.05) is 72.8 Å². The lowest BCUT2D eigenvalue weighted by Gasteiger charge is -2.07. The maximum atomic E-state index is 3.65. The van der Waals surface area contributed by atoms with E-state index in [2.05, 4.69) is 125 Å². The highest BCUT2D eigenvalue weighted by Gasteiger charge is 2.15. The zero-order chi connectivity index (χ0) is 21.1. The second-order valence-corrected chi connectivity index (χ2v) is 8.35. The van der Waals surface area contributed by atoms with Crippen molar-refractivity contribution in [3.05, 3.63) is 115 Å². The van der Waals surface area contributed by atoms with E-state index in [0.717, 1.165) is 0 Å². The van der Waals surface area contributed by atoms with Gasteiger partial charge in [-0.3, -0.25) is 0 Å². The van der Waals surface area contributed by atoms with Gasteiger partial charge in [0.2, 0.25) is 0 Å². The summed E-state index contributed by atoms with van der Waals surface area (Å²) in [6, 6.07) is 41.3. The van der Waals surface area contributed by atoms with Crippen molar-refractivity contribution in [1.29, 1.82) is 0 Å². The summed E-state index contributed by atoms with van der Waals surface area (Å²) < 4.78 is 2.38. The van der Waals surface area contributed by atoms with Gasteiger partial charge in [0, 0.05) is 38.3 Å². The van der Waals surface area contributed by atoms with E-state index in [1.807, 2.05) is 0 Å². The van der Waals surface area contributed by atoms with Gasteiger partial charge in [-0.25, -0.2) is 0 Å². The minimum Gasteiger partial charge on any atom is -0.354 e. The minimum absolute atomic E-state index is 1.17. The number of aromatic nitrogens is 2. The van der Waals surface area contributed by atoms with Gasteiger partial charge < -0.3 is 9.55 Å². The molecule has 0 atom stereocenters. The second kappa shape index (κ2) is 6.60. The van der Waals surface area contributed by atoms with Crippen LogP contribution >= 0.6 is 0 Å². The van der Waals surface area contributed by atoms with E-state index >= 15 is 0 Å². The van der Waals surface area contributed by atoms with Gasteiger partial charge in [0.25, 0.3) is 0 Å². The molecule has 0 unspecified atom stereocenters. The maximum absolute atomic E-state index is 3.65. The number of H-pyrrole nitrogens is 1. The van der Waals surface area contributed by atoms with Crippen LogP contribution in [0.5, 0.6) is 0 Å². The molecule has 0 bridgehead atoms. The molecule has 2 aromatic heterocycles. The van der Waals surface area contributed by atoms with Gasteiger partial charge in [-0.05, 0) is 53.6 Å². The number of rotatable bonds is 2. The Morgan fingerprint density at radius 3 is 2.00 bits per heavy atom. The molecule has 5 aromatic carbocycles. The number of hydrogen-bond acceptors (Lipinski definition) is 0. The van der Waals surface area contributed by atoms with Crippen LogP contribution in [-0.2, 0) is 0 Å². The van der Waals surface area contributed by atoms with E-state index in [0.29, 0.717) is 0 Å².